The molecule has 2 N–H and O–H groups in total. The fourth-order valence-electron chi connectivity index (χ4n) is 3.42. The van der Waals surface area contributed by atoms with Crippen molar-refractivity contribution < 1.29 is 4.79 Å². The lowest BCUT2D eigenvalue weighted by atomic mass is 9.86. The highest BCUT2D eigenvalue weighted by Crippen LogP contribution is 2.27. The predicted molar refractivity (Wildman–Crippen MR) is 99.3 cm³/mol. The Morgan fingerprint density at radius 3 is 2.44 bits per heavy atom. The zero-order chi connectivity index (χ0) is 17.9. The summed E-state index contributed by atoms with van der Waals surface area (Å²) in [7, 11) is 3.57. The van der Waals surface area contributed by atoms with Crippen LogP contribution in [0.1, 0.15) is 24.0 Å². The van der Waals surface area contributed by atoms with Gasteiger partial charge in [0.2, 0.25) is 5.91 Å². The fraction of sp³-hybridized carbons (Fsp3) is 0.474. The molecule has 1 aliphatic rings. The zero-order valence-corrected chi connectivity index (χ0v) is 15.2. The second-order valence-corrected chi connectivity index (χ2v) is 6.92. The Kier molecular flexibility index (Phi) is 5.08. The third kappa shape index (κ3) is 4.02. The molecule has 6 heteroatoms. The number of rotatable bonds is 5. The van der Waals surface area contributed by atoms with E-state index in [1.807, 2.05) is 19.3 Å². The van der Waals surface area contributed by atoms with Gasteiger partial charge in [0.1, 0.15) is 11.4 Å². The summed E-state index contributed by atoms with van der Waals surface area (Å²) in [6.45, 7) is 4.78. The smallest absolute Gasteiger partial charge is 0.245 e. The zero-order valence-electron chi connectivity index (χ0n) is 15.2. The number of likely N-dealkylation sites (N-methyl/N-ethyl adjacent to an activating group) is 1. The van der Waals surface area contributed by atoms with E-state index in [4.69, 9.17) is 0 Å². The number of carbonyl (C=O) groups excluding carboxylic acids is 1. The largest absolute Gasteiger partial charge is 0.357 e. The number of nitrogens with zero attached hydrogens (tertiary/aromatic N) is 3. The van der Waals surface area contributed by atoms with E-state index >= 15 is 0 Å². The van der Waals surface area contributed by atoms with E-state index in [9.17, 15) is 4.79 Å². The van der Waals surface area contributed by atoms with Gasteiger partial charge in [-0.25, -0.2) is 0 Å². The summed E-state index contributed by atoms with van der Waals surface area (Å²) in [5.74, 6) is 0.784. The molecule has 0 spiro atoms. The number of amides is 1. The van der Waals surface area contributed by atoms with Gasteiger partial charge in [-0.15, -0.1) is 0 Å². The van der Waals surface area contributed by atoms with Crippen molar-refractivity contribution in [2.24, 2.45) is 7.05 Å². The van der Waals surface area contributed by atoms with Crippen molar-refractivity contribution in [1.82, 2.24) is 20.0 Å². The second-order valence-electron chi connectivity index (χ2n) is 6.92. The minimum Gasteiger partial charge on any atom is -0.357 e. The minimum atomic E-state index is -0.590. The molecule has 0 saturated carbocycles. The van der Waals surface area contributed by atoms with Crippen LogP contribution in [-0.4, -0.2) is 46.3 Å². The number of nitrogens with one attached hydrogen (secondary N) is 2. The number of hydrogen-bond acceptors (Lipinski definition) is 4. The quantitative estimate of drug-likeness (QED) is 0.872. The average Bonchev–Trinajstić information content (AvgIpc) is 3.02. The van der Waals surface area contributed by atoms with Crippen LogP contribution in [0.2, 0.25) is 0 Å². The average molecular weight is 341 g/mol. The maximum Gasteiger partial charge on any atom is 0.245 e. The van der Waals surface area contributed by atoms with E-state index in [2.05, 4.69) is 51.8 Å². The highest BCUT2D eigenvalue weighted by atomic mass is 16.2. The number of aryl methyl sites for hydroxylation is 2. The van der Waals surface area contributed by atoms with E-state index in [1.54, 1.807) is 11.7 Å². The van der Waals surface area contributed by atoms with Crippen molar-refractivity contribution in [2.75, 3.05) is 25.5 Å². The molecule has 1 aromatic heterocycles. The SMILES string of the molecule is CNC(=O)C1(Nc2ccn(C)n2)CCN(Cc2ccc(C)cc2)CC1. The van der Waals surface area contributed by atoms with E-state index in [1.165, 1.54) is 11.1 Å². The molecule has 1 aromatic carbocycles. The van der Waals surface area contributed by atoms with Gasteiger partial charge < -0.3 is 10.6 Å². The first-order valence-corrected chi connectivity index (χ1v) is 8.79. The van der Waals surface area contributed by atoms with Crippen molar-refractivity contribution >= 4 is 11.7 Å². The van der Waals surface area contributed by atoms with Crippen LogP contribution in [-0.2, 0) is 18.4 Å². The Balaban J connectivity index is 1.66. The highest BCUT2D eigenvalue weighted by molar-refractivity contribution is 5.89. The standard InChI is InChI=1S/C19H27N5O/c1-15-4-6-16(7-5-15)14-24-12-9-19(10-13-24,18(25)20-2)21-17-8-11-23(3)22-17/h4-8,11H,9-10,12-14H2,1-3H3,(H,20,25)(H,21,22). The first-order chi connectivity index (χ1) is 12.0. The summed E-state index contributed by atoms with van der Waals surface area (Å²) in [5, 5.41) is 10.6. The maximum absolute atomic E-state index is 12.6. The number of hydrogen-bond donors (Lipinski definition) is 2. The predicted octanol–water partition coefficient (Wildman–Crippen LogP) is 1.92. The minimum absolute atomic E-state index is 0.0353. The summed E-state index contributed by atoms with van der Waals surface area (Å²) >= 11 is 0. The normalized spacial score (nSPS) is 17.2. The molecule has 1 saturated heterocycles. The van der Waals surface area contributed by atoms with Gasteiger partial charge >= 0.3 is 0 Å². The maximum atomic E-state index is 12.6. The van der Waals surface area contributed by atoms with Crippen LogP contribution < -0.4 is 10.6 Å². The van der Waals surface area contributed by atoms with Crippen LogP contribution in [0.4, 0.5) is 5.82 Å². The number of likely N-dealkylation sites (tertiary alicyclic amines) is 1. The second kappa shape index (κ2) is 7.27. The van der Waals surface area contributed by atoms with E-state index < -0.39 is 5.54 Å². The molecule has 2 heterocycles. The van der Waals surface area contributed by atoms with Crippen molar-refractivity contribution in [3.05, 3.63) is 47.7 Å². The van der Waals surface area contributed by atoms with Crippen molar-refractivity contribution in [2.45, 2.75) is 31.8 Å². The third-order valence-corrected chi connectivity index (χ3v) is 4.98. The van der Waals surface area contributed by atoms with Crippen LogP contribution >= 0.6 is 0 Å². The molecule has 1 amide bonds. The van der Waals surface area contributed by atoms with Crippen molar-refractivity contribution in [1.29, 1.82) is 0 Å². The monoisotopic (exact) mass is 341 g/mol. The van der Waals surface area contributed by atoms with Crippen LogP contribution in [0.3, 0.4) is 0 Å². The number of benzene rings is 1. The Hall–Kier alpha value is -2.34. The molecular formula is C19H27N5O. The fourth-order valence-corrected chi connectivity index (χ4v) is 3.42. The van der Waals surface area contributed by atoms with Gasteiger partial charge in [0.05, 0.1) is 0 Å². The topological polar surface area (TPSA) is 62.2 Å². The van der Waals surface area contributed by atoms with Gasteiger partial charge in [0, 0.05) is 46.0 Å². The van der Waals surface area contributed by atoms with Crippen molar-refractivity contribution in [3.8, 4) is 0 Å². The van der Waals surface area contributed by atoms with Gasteiger partial charge in [-0.1, -0.05) is 29.8 Å². The molecule has 0 radical (unpaired) electrons. The van der Waals surface area contributed by atoms with Crippen molar-refractivity contribution in [3.63, 3.8) is 0 Å². The number of piperidine rings is 1. The van der Waals surface area contributed by atoms with Crippen LogP contribution in [0.25, 0.3) is 0 Å². The number of anilines is 1. The Morgan fingerprint density at radius 1 is 1.20 bits per heavy atom. The molecule has 1 aliphatic heterocycles. The third-order valence-electron chi connectivity index (χ3n) is 4.98. The number of aromatic nitrogens is 2. The molecule has 3 rings (SSSR count). The molecule has 2 aromatic rings. The van der Waals surface area contributed by atoms with Crippen LogP contribution in [0, 0.1) is 6.92 Å². The first kappa shape index (κ1) is 17.5. The lowest BCUT2D eigenvalue weighted by molar-refractivity contribution is -0.126. The van der Waals surface area contributed by atoms with Gasteiger partial charge in [0.25, 0.3) is 0 Å². The number of carbonyl (C=O) groups is 1. The Bertz CT molecular complexity index is 714. The van der Waals surface area contributed by atoms with Gasteiger partial charge in [-0.2, -0.15) is 5.10 Å². The summed E-state index contributed by atoms with van der Waals surface area (Å²) in [4.78, 5) is 15.0. The van der Waals surface area contributed by atoms with Crippen LogP contribution in [0.15, 0.2) is 36.5 Å². The molecule has 0 bridgehead atoms. The van der Waals surface area contributed by atoms with Gasteiger partial charge in [-0.3, -0.25) is 14.4 Å². The van der Waals surface area contributed by atoms with Gasteiger partial charge in [0.15, 0.2) is 0 Å². The molecule has 0 unspecified atom stereocenters. The Morgan fingerprint density at radius 2 is 1.88 bits per heavy atom. The Labute approximate surface area is 149 Å². The molecular weight excluding hydrogens is 314 g/mol. The summed E-state index contributed by atoms with van der Waals surface area (Å²) in [5.41, 5.74) is 2.00. The highest BCUT2D eigenvalue weighted by Gasteiger charge is 2.41. The van der Waals surface area contributed by atoms with E-state index in [0.29, 0.717) is 0 Å². The molecule has 25 heavy (non-hydrogen) atoms. The first-order valence-electron chi connectivity index (χ1n) is 8.79. The van der Waals surface area contributed by atoms with E-state index in [0.717, 1.165) is 38.3 Å². The summed E-state index contributed by atoms with van der Waals surface area (Å²) in [6, 6.07) is 10.6. The van der Waals surface area contributed by atoms with Gasteiger partial charge in [-0.05, 0) is 25.3 Å². The molecule has 6 nitrogen and oxygen atoms in total. The lowest BCUT2D eigenvalue weighted by Gasteiger charge is -2.41. The molecule has 0 aliphatic carbocycles. The molecule has 134 valence electrons. The molecule has 0 atom stereocenters. The molecule has 1 fully saturated rings. The summed E-state index contributed by atoms with van der Waals surface area (Å²) in [6.07, 6.45) is 3.40. The lowest BCUT2D eigenvalue weighted by Crippen LogP contribution is -2.57. The van der Waals surface area contributed by atoms with E-state index in [-0.39, 0.29) is 5.91 Å². The van der Waals surface area contributed by atoms with Crippen LogP contribution in [0.5, 0.6) is 0 Å². The summed E-state index contributed by atoms with van der Waals surface area (Å²) < 4.78 is 1.74.